The van der Waals surface area contributed by atoms with Crippen LogP contribution in [0.15, 0.2) is 17.5 Å². The molecule has 5 heteroatoms. The lowest BCUT2D eigenvalue weighted by molar-refractivity contribution is 0.0181. The molecule has 3 heterocycles. The Morgan fingerprint density at radius 1 is 1.38 bits per heavy atom. The first-order valence-corrected chi connectivity index (χ1v) is 8.93. The largest absolute Gasteiger partial charge is 0.446 e. The first-order chi connectivity index (χ1) is 10.3. The Hall–Kier alpha value is -1.07. The van der Waals surface area contributed by atoms with Crippen molar-refractivity contribution in [3.05, 3.63) is 17.5 Å². The highest BCUT2D eigenvalue weighted by Crippen LogP contribution is 2.45. The van der Waals surface area contributed by atoms with Crippen LogP contribution >= 0.6 is 11.3 Å². The topological polar surface area (TPSA) is 41.6 Å². The normalized spacial score (nSPS) is 35.2. The second-order valence-corrected chi connectivity index (χ2v) is 7.55. The molecule has 2 bridgehead atoms. The minimum atomic E-state index is -0.280. The van der Waals surface area contributed by atoms with Gasteiger partial charge in [-0.1, -0.05) is 6.42 Å². The molecule has 3 unspecified atom stereocenters. The van der Waals surface area contributed by atoms with E-state index in [0.717, 1.165) is 17.3 Å². The number of piperidine rings is 2. The van der Waals surface area contributed by atoms with Crippen molar-refractivity contribution in [1.82, 2.24) is 4.90 Å². The van der Waals surface area contributed by atoms with Crippen LogP contribution in [0.4, 0.5) is 9.80 Å². The molecule has 0 aromatic carbocycles. The highest BCUT2D eigenvalue weighted by molar-refractivity contribution is 7.14. The number of ether oxygens (including phenoxy) is 1. The standard InChI is InChI=1S/C16H22N2O2S/c19-16(17-15-5-3-7-21-15)20-14-9-11-8-12(14)13-4-1-2-6-18(13)10-11/h3,5,7,11-14H,1-2,4,6,8-10H2,(H,17,19)/t11?,12?,13-,14?/m1/s1. The van der Waals surface area contributed by atoms with Gasteiger partial charge < -0.3 is 4.74 Å². The third-order valence-electron chi connectivity index (χ3n) is 5.30. The molecule has 1 aromatic heterocycles. The second-order valence-electron chi connectivity index (χ2n) is 6.61. The maximum absolute atomic E-state index is 12.1. The molecule has 1 aromatic rings. The lowest BCUT2D eigenvalue weighted by atomic mass is 9.84. The summed E-state index contributed by atoms with van der Waals surface area (Å²) in [6.07, 6.45) is 6.08. The van der Waals surface area contributed by atoms with Gasteiger partial charge in [-0.2, -0.15) is 0 Å². The minimum absolute atomic E-state index is 0.114. The van der Waals surface area contributed by atoms with Gasteiger partial charge in [-0.15, -0.1) is 11.3 Å². The molecule has 1 amide bonds. The van der Waals surface area contributed by atoms with Crippen LogP contribution in [0.3, 0.4) is 0 Å². The first-order valence-electron chi connectivity index (χ1n) is 8.05. The van der Waals surface area contributed by atoms with E-state index in [9.17, 15) is 4.79 Å². The Kier molecular flexibility index (Phi) is 3.63. The van der Waals surface area contributed by atoms with Crippen LogP contribution in [0, 0.1) is 11.8 Å². The number of hydrogen-bond donors (Lipinski definition) is 1. The third-order valence-corrected chi connectivity index (χ3v) is 6.09. The first kappa shape index (κ1) is 13.6. The van der Waals surface area contributed by atoms with E-state index in [-0.39, 0.29) is 12.2 Å². The molecule has 3 aliphatic rings. The molecule has 1 aliphatic carbocycles. The minimum Gasteiger partial charge on any atom is -0.446 e. The fraction of sp³-hybridized carbons (Fsp3) is 0.688. The Labute approximate surface area is 129 Å². The summed E-state index contributed by atoms with van der Waals surface area (Å²) in [6.45, 7) is 2.46. The lowest BCUT2D eigenvalue weighted by Gasteiger charge is -2.43. The SMILES string of the molecule is O=C(Nc1cccs1)OC1CC2CC1[C@H]1CCCCN1C2. The van der Waals surface area contributed by atoms with E-state index in [0.29, 0.717) is 12.0 Å². The summed E-state index contributed by atoms with van der Waals surface area (Å²) >= 11 is 1.53. The fourth-order valence-electron chi connectivity index (χ4n) is 4.50. The molecule has 0 spiro atoms. The van der Waals surface area contributed by atoms with Crippen molar-refractivity contribution in [2.75, 3.05) is 18.4 Å². The summed E-state index contributed by atoms with van der Waals surface area (Å²) in [5, 5.41) is 5.66. The van der Waals surface area contributed by atoms with Gasteiger partial charge in [0.25, 0.3) is 0 Å². The zero-order valence-electron chi connectivity index (χ0n) is 12.2. The fourth-order valence-corrected chi connectivity index (χ4v) is 5.11. The monoisotopic (exact) mass is 306 g/mol. The quantitative estimate of drug-likeness (QED) is 0.908. The summed E-state index contributed by atoms with van der Waals surface area (Å²) < 4.78 is 5.78. The maximum Gasteiger partial charge on any atom is 0.412 e. The molecule has 3 fully saturated rings. The van der Waals surface area contributed by atoms with Gasteiger partial charge in [-0.05, 0) is 55.7 Å². The number of carbonyl (C=O) groups excluding carboxylic acids is 1. The number of nitrogens with zero attached hydrogens (tertiary/aromatic N) is 1. The molecule has 1 N–H and O–H groups in total. The van der Waals surface area contributed by atoms with E-state index in [4.69, 9.17) is 4.74 Å². The second kappa shape index (κ2) is 5.61. The summed E-state index contributed by atoms with van der Waals surface area (Å²) in [5.41, 5.74) is 0. The van der Waals surface area contributed by atoms with Gasteiger partial charge in [0.2, 0.25) is 0 Å². The van der Waals surface area contributed by atoms with Crippen molar-refractivity contribution in [3.8, 4) is 0 Å². The van der Waals surface area contributed by atoms with E-state index >= 15 is 0 Å². The van der Waals surface area contributed by atoms with Crippen LogP contribution in [0.1, 0.15) is 32.1 Å². The molecule has 4 nitrogen and oxygen atoms in total. The van der Waals surface area contributed by atoms with Gasteiger partial charge in [0.15, 0.2) is 0 Å². The van der Waals surface area contributed by atoms with Gasteiger partial charge in [0, 0.05) is 18.5 Å². The van der Waals surface area contributed by atoms with E-state index in [1.54, 1.807) is 0 Å². The van der Waals surface area contributed by atoms with Crippen LogP contribution < -0.4 is 5.32 Å². The molecule has 0 radical (unpaired) electrons. The zero-order valence-corrected chi connectivity index (χ0v) is 13.0. The summed E-state index contributed by atoms with van der Waals surface area (Å²) in [7, 11) is 0. The Bertz CT molecular complexity index is 504. The van der Waals surface area contributed by atoms with Crippen molar-refractivity contribution in [2.24, 2.45) is 11.8 Å². The average Bonchev–Trinajstić information content (AvgIpc) is 3.08. The smallest absolute Gasteiger partial charge is 0.412 e. The molecule has 114 valence electrons. The number of rotatable bonds is 2. The molecular formula is C16H22N2O2S. The van der Waals surface area contributed by atoms with Gasteiger partial charge >= 0.3 is 6.09 Å². The highest BCUT2D eigenvalue weighted by atomic mass is 32.1. The van der Waals surface area contributed by atoms with Crippen molar-refractivity contribution in [3.63, 3.8) is 0 Å². The molecule has 4 rings (SSSR count). The van der Waals surface area contributed by atoms with E-state index in [1.807, 2.05) is 17.5 Å². The highest BCUT2D eigenvalue weighted by Gasteiger charge is 2.48. The van der Waals surface area contributed by atoms with Crippen molar-refractivity contribution < 1.29 is 9.53 Å². The maximum atomic E-state index is 12.1. The predicted octanol–water partition coefficient (Wildman–Crippen LogP) is 3.56. The number of amides is 1. The summed E-state index contributed by atoms with van der Waals surface area (Å²) in [5.74, 6) is 1.28. The number of carbonyl (C=O) groups is 1. The molecule has 21 heavy (non-hydrogen) atoms. The van der Waals surface area contributed by atoms with Crippen LogP contribution in [-0.4, -0.2) is 36.2 Å². The van der Waals surface area contributed by atoms with Gasteiger partial charge in [-0.3, -0.25) is 10.2 Å². The Morgan fingerprint density at radius 2 is 2.33 bits per heavy atom. The number of thiophene rings is 1. The van der Waals surface area contributed by atoms with E-state index < -0.39 is 0 Å². The van der Waals surface area contributed by atoms with Crippen molar-refractivity contribution >= 4 is 22.4 Å². The van der Waals surface area contributed by atoms with E-state index in [2.05, 4.69) is 10.2 Å². The van der Waals surface area contributed by atoms with E-state index in [1.165, 1.54) is 50.1 Å². The molecular weight excluding hydrogens is 284 g/mol. The lowest BCUT2D eigenvalue weighted by Crippen LogP contribution is -2.49. The Morgan fingerprint density at radius 3 is 3.19 bits per heavy atom. The predicted molar refractivity (Wildman–Crippen MR) is 83.6 cm³/mol. The third kappa shape index (κ3) is 2.69. The number of anilines is 1. The molecule has 1 saturated carbocycles. The van der Waals surface area contributed by atoms with Gasteiger partial charge in [0.1, 0.15) is 6.10 Å². The van der Waals surface area contributed by atoms with Crippen molar-refractivity contribution in [2.45, 2.75) is 44.2 Å². The Balaban J connectivity index is 1.40. The zero-order chi connectivity index (χ0) is 14.2. The average molecular weight is 306 g/mol. The summed E-state index contributed by atoms with van der Waals surface area (Å²) in [6, 6.07) is 4.49. The van der Waals surface area contributed by atoms with Crippen LogP contribution in [0.25, 0.3) is 0 Å². The number of fused-ring (bicyclic) bond motifs is 4. The summed E-state index contributed by atoms with van der Waals surface area (Å²) in [4.78, 5) is 14.7. The van der Waals surface area contributed by atoms with Gasteiger partial charge in [-0.25, -0.2) is 4.79 Å². The number of nitrogens with one attached hydrogen (secondary N) is 1. The van der Waals surface area contributed by atoms with Gasteiger partial charge in [0.05, 0.1) is 5.00 Å². The number of hydrogen-bond acceptors (Lipinski definition) is 4. The van der Waals surface area contributed by atoms with Crippen LogP contribution in [0.2, 0.25) is 0 Å². The molecule has 4 atom stereocenters. The van der Waals surface area contributed by atoms with Crippen LogP contribution in [-0.2, 0) is 4.74 Å². The van der Waals surface area contributed by atoms with Crippen molar-refractivity contribution in [1.29, 1.82) is 0 Å². The van der Waals surface area contributed by atoms with Crippen LogP contribution in [0.5, 0.6) is 0 Å². The molecule has 2 saturated heterocycles. The molecule has 2 aliphatic heterocycles.